The first-order valence-electron chi connectivity index (χ1n) is 9.51. The Labute approximate surface area is 183 Å². The maximum atomic E-state index is 6.25. The maximum absolute atomic E-state index is 6.25. The molecule has 0 spiro atoms. The van der Waals surface area contributed by atoms with Gasteiger partial charge in [-0.1, -0.05) is 31.2 Å². The van der Waals surface area contributed by atoms with Crippen LogP contribution in [0.5, 0.6) is 0 Å². The highest BCUT2D eigenvalue weighted by atomic mass is 127. The molecule has 0 bridgehead atoms. The summed E-state index contributed by atoms with van der Waals surface area (Å²) in [5.41, 5.74) is 4.97. The second-order valence-corrected chi connectivity index (χ2v) is 9.89. The van der Waals surface area contributed by atoms with Crippen LogP contribution in [0.25, 0.3) is 22.2 Å². The molecule has 3 heterocycles. The number of benzene rings is 1. The fourth-order valence-electron chi connectivity index (χ4n) is 3.56. The third-order valence-corrected chi connectivity index (χ3v) is 7.62. The lowest BCUT2D eigenvalue weighted by Gasteiger charge is -2.32. The summed E-state index contributed by atoms with van der Waals surface area (Å²) in [6.07, 6.45) is 5.05. The smallest absolute Gasteiger partial charge is 0.399 e. The van der Waals surface area contributed by atoms with Gasteiger partial charge < -0.3 is 9.31 Å². The van der Waals surface area contributed by atoms with Crippen LogP contribution in [0, 0.1) is 0 Å². The lowest BCUT2D eigenvalue weighted by atomic mass is 9.79. The Hall–Kier alpha value is -1.03. The van der Waals surface area contributed by atoms with Crippen LogP contribution in [0.1, 0.15) is 40.2 Å². The molecular weight excluding hydrogens is 482 g/mol. The number of hydrogen-bond donors (Lipinski definition) is 0. The van der Waals surface area contributed by atoms with Gasteiger partial charge in [0.2, 0.25) is 0 Å². The molecule has 0 amide bonds. The van der Waals surface area contributed by atoms with Crippen molar-refractivity contribution in [2.45, 2.75) is 52.2 Å². The van der Waals surface area contributed by atoms with Crippen molar-refractivity contribution < 1.29 is 9.31 Å². The number of rotatable bonds is 4. The first-order chi connectivity index (χ1) is 13.3. The van der Waals surface area contributed by atoms with E-state index >= 15 is 0 Å². The van der Waals surface area contributed by atoms with E-state index in [1.54, 1.807) is 9.12 Å². The Morgan fingerprint density at radius 2 is 1.79 bits per heavy atom. The van der Waals surface area contributed by atoms with E-state index in [0.717, 1.165) is 22.9 Å². The molecule has 0 saturated carbocycles. The van der Waals surface area contributed by atoms with Crippen LogP contribution < -0.4 is 5.46 Å². The molecule has 1 fully saturated rings. The quantitative estimate of drug-likeness (QED) is 0.351. The zero-order chi connectivity index (χ0) is 20.1. The van der Waals surface area contributed by atoms with Crippen molar-refractivity contribution in [1.82, 2.24) is 8.96 Å². The molecule has 0 N–H and O–H groups in total. The van der Waals surface area contributed by atoms with Gasteiger partial charge in [0.1, 0.15) is 0 Å². The van der Waals surface area contributed by atoms with E-state index in [9.17, 15) is 0 Å². The van der Waals surface area contributed by atoms with Gasteiger partial charge in [-0.3, -0.25) is 3.97 Å². The van der Waals surface area contributed by atoms with E-state index in [-0.39, 0.29) is 11.2 Å². The molecule has 7 heteroatoms. The summed E-state index contributed by atoms with van der Waals surface area (Å²) in [4.78, 5) is 4.77. The summed E-state index contributed by atoms with van der Waals surface area (Å²) >= 11 is 2.30. The van der Waals surface area contributed by atoms with E-state index < -0.39 is 7.12 Å². The van der Waals surface area contributed by atoms with Gasteiger partial charge in [0.05, 0.1) is 11.2 Å². The number of hydrogen-bond acceptors (Lipinski definition) is 4. The minimum Gasteiger partial charge on any atom is -0.399 e. The number of pyridine rings is 1. The van der Waals surface area contributed by atoms with E-state index in [4.69, 9.17) is 14.3 Å². The summed E-state index contributed by atoms with van der Waals surface area (Å²) in [6.45, 7) is 10.5. The first-order valence-corrected chi connectivity index (χ1v) is 12.8. The lowest BCUT2D eigenvalue weighted by molar-refractivity contribution is 0.00578. The molecule has 0 aliphatic carbocycles. The molecule has 1 aliphatic heterocycles. The highest BCUT2D eigenvalue weighted by molar-refractivity contribution is 14.2. The summed E-state index contributed by atoms with van der Waals surface area (Å²) in [6, 6.07) is 10.8. The van der Waals surface area contributed by atoms with Gasteiger partial charge in [0.15, 0.2) is 5.65 Å². The molecule has 4 rings (SSSR count). The van der Waals surface area contributed by atoms with Gasteiger partial charge >= 0.3 is 7.12 Å². The number of fused-ring (bicyclic) bond motifs is 1. The third kappa shape index (κ3) is 3.30. The van der Waals surface area contributed by atoms with Crippen molar-refractivity contribution in [2.75, 3.05) is 0 Å². The Balaban J connectivity index is 1.86. The van der Waals surface area contributed by atoms with Gasteiger partial charge in [-0.15, -0.1) is 0 Å². The molecule has 28 heavy (non-hydrogen) atoms. The average molecular weight is 506 g/mol. The molecule has 1 aliphatic rings. The normalized spacial score (nSPS) is 18.1. The Morgan fingerprint density at radius 1 is 1.11 bits per heavy atom. The van der Waals surface area contributed by atoms with E-state index in [2.05, 4.69) is 96.3 Å². The van der Waals surface area contributed by atoms with Crippen molar-refractivity contribution in [2.24, 2.45) is 0 Å². The number of aryl methyl sites for hydroxylation is 1. The predicted molar refractivity (Wildman–Crippen MR) is 127 cm³/mol. The van der Waals surface area contributed by atoms with Gasteiger partial charge in [-0.05, 0) is 51.3 Å². The summed E-state index contributed by atoms with van der Waals surface area (Å²) in [5, 5.41) is 1.12. The summed E-state index contributed by atoms with van der Waals surface area (Å²) in [5.74, 6) is 0. The van der Waals surface area contributed by atoms with Crippen molar-refractivity contribution in [1.29, 1.82) is 0 Å². The van der Waals surface area contributed by atoms with Crippen molar-refractivity contribution in [3.8, 4) is 11.1 Å². The largest absolute Gasteiger partial charge is 0.496 e. The predicted octanol–water partition coefficient (Wildman–Crippen LogP) is 5.41. The molecule has 4 nitrogen and oxygen atoms in total. The van der Waals surface area contributed by atoms with Gasteiger partial charge in [-0.2, -0.15) is 0 Å². The van der Waals surface area contributed by atoms with Crippen molar-refractivity contribution >= 4 is 53.9 Å². The summed E-state index contributed by atoms with van der Waals surface area (Å²) in [7, 11) is 1.22. The second-order valence-electron chi connectivity index (χ2n) is 8.18. The second kappa shape index (κ2) is 7.34. The standard InChI is InChI=1S/C21H24BIN2O2S/c1-6-14-9-7-8-10-16(14)18-13-25(28-23)19-17(18)11-15(12-24-19)22-26-20(2,3)21(4,5)27-22/h7-13H,6H2,1-5H3. The Morgan fingerprint density at radius 3 is 2.43 bits per heavy atom. The Kier molecular flexibility index (Phi) is 5.31. The van der Waals surface area contributed by atoms with Crippen LogP contribution in [0.3, 0.4) is 0 Å². The molecule has 1 aromatic carbocycles. The van der Waals surface area contributed by atoms with Crippen LogP contribution >= 0.6 is 30.3 Å². The highest BCUT2D eigenvalue weighted by Gasteiger charge is 2.51. The monoisotopic (exact) mass is 506 g/mol. The van der Waals surface area contributed by atoms with Crippen molar-refractivity contribution in [3.05, 3.63) is 48.3 Å². The fourth-order valence-corrected chi connectivity index (χ4v) is 4.82. The molecule has 1 saturated heterocycles. The maximum Gasteiger partial charge on any atom is 0.496 e. The zero-order valence-electron chi connectivity index (χ0n) is 16.8. The number of nitrogens with zero attached hydrogens (tertiary/aromatic N) is 2. The topological polar surface area (TPSA) is 36.3 Å². The number of aromatic nitrogens is 2. The van der Waals surface area contributed by atoms with E-state index in [1.165, 1.54) is 16.7 Å². The van der Waals surface area contributed by atoms with E-state index in [0.29, 0.717) is 0 Å². The minimum absolute atomic E-state index is 0.367. The summed E-state index contributed by atoms with van der Waals surface area (Å²) < 4.78 is 14.6. The minimum atomic E-state index is -0.410. The lowest BCUT2D eigenvalue weighted by Crippen LogP contribution is -2.41. The van der Waals surface area contributed by atoms with Gasteiger partial charge in [-0.25, -0.2) is 4.98 Å². The van der Waals surface area contributed by atoms with Crippen LogP contribution in [0.15, 0.2) is 42.7 Å². The Bertz CT molecular complexity index is 1020. The van der Waals surface area contributed by atoms with Crippen LogP contribution in [-0.2, 0) is 15.7 Å². The molecule has 0 radical (unpaired) electrons. The average Bonchev–Trinajstić information content (AvgIpc) is 3.14. The molecular formula is C21H24BIN2O2S. The van der Waals surface area contributed by atoms with Crippen LogP contribution in [0.2, 0.25) is 0 Å². The molecule has 0 unspecified atom stereocenters. The molecule has 0 atom stereocenters. The van der Waals surface area contributed by atoms with Gasteiger partial charge in [0, 0.05) is 59.1 Å². The molecule has 146 valence electrons. The van der Waals surface area contributed by atoms with Gasteiger partial charge in [0.25, 0.3) is 0 Å². The zero-order valence-corrected chi connectivity index (χ0v) is 19.8. The first kappa shape index (κ1) is 20.3. The third-order valence-electron chi connectivity index (χ3n) is 5.92. The van der Waals surface area contributed by atoms with Crippen LogP contribution in [0.4, 0.5) is 0 Å². The fraction of sp³-hybridized carbons (Fsp3) is 0.381. The molecule has 2 aromatic heterocycles. The van der Waals surface area contributed by atoms with Crippen molar-refractivity contribution in [3.63, 3.8) is 0 Å². The molecule has 3 aromatic rings. The van der Waals surface area contributed by atoms with E-state index in [1.807, 2.05) is 6.20 Å². The van der Waals surface area contributed by atoms with Crippen LogP contribution in [-0.4, -0.2) is 27.3 Å². The highest BCUT2D eigenvalue weighted by Crippen LogP contribution is 2.38. The SMILES string of the molecule is CCc1ccccc1-c1cn(SI)c2ncc(B3OC(C)(C)C(C)(C)O3)cc12. The number of halogens is 1.